The molecule has 2 rings (SSSR count). The number of hydrogen-bond donors (Lipinski definition) is 1. The molecule has 114 valence electrons. The molecule has 1 saturated carbocycles. The van der Waals surface area contributed by atoms with E-state index in [0.717, 1.165) is 17.8 Å². The third kappa shape index (κ3) is 2.60. The summed E-state index contributed by atoms with van der Waals surface area (Å²) in [5.41, 5.74) is -1.26. The maximum atomic E-state index is 13.6. The van der Waals surface area contributed by atoms with E-state index in [4.69, 9.17) is 0 Å². The highest BCUT2D eigenvalue weighted by molar-refractivity contribution is 7.12. The summed E-state index contributed by atoms with van der Waals surface area (Å²) in [6, 6.07) is 0. The maximum absolute atomic E-state index is 13.6. The fraction of sp³-hybridized carbons (Fsp3) is 0.786. The molecule has 0 aromatic carbocycles. The normalized spacial score (nSPS) is 20.9. The van der Waals surface area contributed by atoms with Crippen molar-refractivity contribution in [2.75, 3.05) is 0 Å². The zero-order chi connectivity index (χ0) is 15.0. The molecule has 0 amide bonds. The maximum Gasteiger partial charge on any atom is 0.400 e. The first kappa shape index (κ1) is 15.8. The zero-order valence-corrected chi connectivity index (χ0v) is 12.6. The van der Waals surface area contributed by atoms with Gasteiger partial charge in [0.15, 0.2) is 0 Å². The summed E-state index contributed by atoms with van der Waals surface area (Å²) in [5.74, 6) is 0. The standard InChI is InChI=1S/C14H20F3NOS/c1-3-10(19)11-9(2)18-12(20-11)13(14(15,16)17)7-5-4-6-8-13/h10,19H,3-8H2,1-2H3. The molecule has 1 N–H and O–H groups in total. The number of aliphatic hydroxyl groups excluding tert-OH is 1. The van der Waals surface area contributed by atoms with Crippen molar-refractivity contribution in [3.63, 3.8) is 0 Å². The Morgan fingerprint density at radius 1 is 1.30 bits per heavy atom. The molecule has 6 heteroatoms. The number of rotatable bonds is 3. The van der Waals surface area contributed by atoms with Gasteiger partial charge < -0.3 is 5.11 Å². The van der Waals surface area contributed by atoms with Gasteiger partial charge >= 0.3 is 6.18 Å². The minimum absolute atomic E-state index is 0.116. The highest BCUT2D eigenvalue weighted by atomic mass is 32.1. The largest absolute Gasteiger partial charge is 0.400 e. The van der Waals surface area contributed by atoms with Crippen molar-refractivity contribution in [1.82, 2.24) is 4.98 Å². The molecule has 2 nitrogen and oxygen atoms in total. The summed E-state index contributed by atoms with van der Waals surface area (Å²) >= 11 is 1.04. The lowest BCUT2D eigenvalue weighted by Gasteiger charge is -2.37. The SMILES string of the molecule is CCC(O)c1sc(C2(C(F)(F)F)CCCCC2)nc1C. The van der Waals surface area contributed by atoms with E-state index in [0.29, 0.717) is 29.8 Å². The van der Waals surface area contributed by atoms with Gasteiger partial charge in [0.2, 0.25) is 0 Å². The van der Waals surface area contributed by atoms with E-state index >= 15 is 0 Å². The van der Waals surface area contributed by atoms with Crippen molar-refractivity contribution >= 4 is 11.3 Å². The van der Waals surface area contributed by atoms with Crippen molar-refractivity contribution in [1.29, 1.82) is 0 Å². The predicted molar refractivity (Wildman–Crippen MR) is 72.9 cm³/mol. The highest BCUT2D eigenvalue weighted by Gasteiger charge is 2.57. The number of aliphatic hydroxyl groups is 1. The zero-order valence-electron chi connectivity index (χ0n) is 11.8. The Morgan fingerprint density at radius 2 is 1.90 bits per heavy atom. The van der Waals surface area contributed by atoms with Crippen molar-refractivity contribution in [2.45, 2.75) is 70.1 Å². The summed E-state index contributed by atoms with van der Waals surface area (Å²) in [5, 5.41) is 10.0. The molecule has 1 fully saturated rings. The summed E-state index contributed by atoms with van der Waals surface area (Å²) in [6.45, 7) is 3.49. The van der Waals surface area contributed by atoms with Crippen LogP contribution in [0.2, 0.25) is 0 Å². The summed E-state index contributed by atoms with van der Waals surface area (Å²) < 4.78 is 40.8. The molecule has 0 radical (unpaired) electrons. The van der Waals surface area contributed by atoms with E-state index in [2.05, 4.69) is 4.98 Å². The number of alkyl halides is 3. The van der Waals surface area contributed by atoms with Crippen LogP contribution in [-0.2, 0) is 5.41 Å². The molecule has 1 aliphatic carbocycles. The first-order chi connectivity index (χ1) is 9.32. The lowest BCUT2D eigenvalue weighted by molar-refractivity contribution is -0.199. The van der Waals surface area contributed by atoms with Gasteiger partial charge in [-0.1, -0.05) is 26.2 Å². The molecule has 1 heterocycles. The summed E-state index contributed by atoms with van der Waals surface area (Å²) in [7, 11) is 0. The number of aryl methyl sites for hydroxylation is 1. The minimum Gasteiger partial charge on any atom is -0.388 e. The quantitative estimate of drug-likeness (QED) is 0.881. The van der Waals surface area contributed by atoms with Crippen LogP contribution in [0.3, 0.4) is 0 Å². The molecule has 1 unspecified atom stereocenters. The number of halogens is 3. The molecule has 0 aliphatic heterocycles. The van der Waals surface area contributed by atoms with E-state index in [1.54, 1.807) is 6.92 Å². The topological polar surface area (TPSA) is 33.1 Å². The van der Waals surface area contributed by atoms with Crippen LogP contribution < -0.4 is 0 Å². The van der Waals surface area contributed by atoms with Gasteiger partial charge in [0.25, 0.3) is 0 Å². The molecule has 1 atom stereocenters. The number of aromatic nitrogens is 1. The lowest BCUT2D eigenvalue weighted by atomic mass is 9.74. The van der Waals surface area contributed by atoms with E-state index in [1.165, 1.54) is 0 Å². The van der Waals surface area contributed by atoms with E-state index in [9.17, 15) is 18.3 Å². The molecule has 1 aromatic heterocycles. The van der Waals surface area contributed by atoms with Gasteiger partial charge in [-0.3, -0.25) is 0 Å². The first-order valence-electron chi connectivity index (χ1n) is 7.04. The summed E-state index contributed by atoms with van der Waals surface area (Å²) in [6.07, 6.45) is -2.24. The third-order valence-electron chi connectivity index (χ3n) is 4.18. The molecule has 1 aromatic rings. The van der Waals surface area contributed by atoms with Crippen LogP contribution >= 0.6 is 11.3 Å². The van der Waals surface area contributed by atoms with Gasteiger partial charge in [-0.15, -0.1) is 11.3 Å². The van der Waals surface area contributed by atoms with Crippen molar-refractivity contribution in [3.05, 3.63) is 15.6 Å². The van der Waals surface area contributed by atoms with Crippen LogP contribution in [0.15, 0.2) is 0 Å². The fourth-order valence-corrected chi connectivity index (χ4v) is 4.28. The van der Waals surface area contributed by atoms with Crippen molar-refractivity contribution in [3.8, 4) is 0 Å². The van der Waals surface area contributed by atoms with Crippen LogP contribution in [0.1, 0.15) is 67.1 Å². The van der Waals surface area contributed by atoms with Gasteiger partial charge in [0.05, 0.1) is 16.7 Å². The molecule has 1 aliphatic rings. The number of nitrogens with zero attached hydrogens (tertiary/aromatic N) is 1. The number of thiazole rings is 1. The Kier molecular flexibility index (Phi) is 4.44. The van der Waals surface area contributed by atoms with Crippen molar-refractivity contribution in [2.24, 2.45) is 0 Å². The molecule has 0 saturated heterocycles. The van der Waals surface area contributed by atoms with Crippen LogP contribution in [0.4, 0.5) is 13.2 Å². The lowest BCUT2D eigenvalue weighted by Crippen LogP contribution is -2.43. The first-order valence-corrected chi connectivity index (χ1v) is 7.86. The Bertz CT molecular complexity index is 463. The van der Waals surface area contributed by atoms with Gasteiger partial charge in [-0.05, 0) is 26.2 Å². The van der Waals surface area contributed by atoms with E-state index < -0.39 is 17.7 Å². The minimum atomic E-state index is -4.27. The smallest absolute Gasteiger partial charge is 0.388 e. The van der Waals surface area contributed by atoms with Crippen LogP contribution in [-0.4, -0.2) is 16.3 Å². The fourth-order valence-electron chi connectivity index (χ4n) is 2.88. The van der Waals surface area contributed by atoms with Crippen LogP contribution in [0.25, 0.3) is 0 Å². The monoisotopic (exact) mass is 307 g/mol. The Labute approximate surface area is 121 Å². The third-order valence-corrected chi connectivity index (χ3v) is 5.64. The van der Waals surface area contributed by atoms with E-state index in [1.807, 2.05) is 6.92 Å². The molecule has 20 heavy (non-hydrogen) atoms. The predicted octanol–water partition coefficient (Wildman–Crippen LogP) is 4.66. The second-order valence-corrected chi connectivity index (χ2v) is 6.56. The Balaban J connectivity index is 2.45. The van der Waals surface area contributed by atoms with Crippen molar-refractivity contribution < 1.29 is 18.3 Å². The summed E-state index contributed by atoms with van der Waals surface area (Å²) in [4.78, 5) is 4.76. The average Bonchev–Trinajstić information content (AvgIpc) is 2.80. The highest BCUT2D eigenvalue weighted by Crippen LogP contribution is 2.52. The van der Waals surface area contributed by atoms with Crippen LogP contribution in [0, 0.1) is 6.92 Å². The van der Waals surface area contributed by atoms with Gasteiger partial charge in [0.1, 0.15) is 10.4 Å². The Hall–Kier alpha value is -0.620. The average molecular weight is 307 g/mol. The number of hydrogen-bond acceptors (Lipinski definition) is 3. The van der Waals surface area contributed by atoms with E-state index in [-0.39, 0.29) is 17.8 Å². The molecular weight excluding hydrogens is 287 g/mol. The second-order valence-electron chi connectivity index (χ2n) is 5.53. The van der Waals surface area contributed by atoms with Gasteiger partial charge in [-0.25, -0.2) is 4.98 Å². The van der Waals surface area contributed by atoms with Gasteiger partial charge in [0, 0.05) is 0 Å². The molecule has 0 bridgehead atoms. The second kappa shape index (κ2) is 5.64. The molecular formula is C14H20F3NOS. The Morgan fingerprint density at radius 3 is 2.40 bits per heavy atom. The molecule has 0 spiro atoms. The van der Waals surface area contributed by atoms with Crippen LogP contribution in [0.5, 0.6) is 0 Å². The van der Waals surface area contributed by atoms with Gasteiger partial charge in [-0.2, -0.15) is 13.2 Å².